The summed E-state index contributed by atoms with van der Waals surface area (Å²) >= 11 is 0. The Morgan fingerprint density at radius 3 is 2.72 bits per heavy atom. The van der Waals surface area contributed by atoms with Gasteiger partial charge in [0.1, 0.15) is 11.5 Å². The van der Waals surface area contributed by atoms with Gasteiger partial charge in [-0.1, -0.05) is 0 Å². The lowest BCUT2D eigenvalue weighted by molar-refractivity contribution is -0.384. The summed E-state index contributed by atoms with van der Waals surface area (Å²) in [4.78, 5) is 25.2. The van der Waals surface area contributed by atoms with Crippen molar-refractivity contribution in [2.75, 3.05) is 0 Å². The summed E-state index contributed by atoms with van der Waals surface area (Å²) in [5.41, 5.74) is 0.0136. The normalized spacial score (nSPS) is 10.3. The second-order valence-electron chi connectivity index (χ2n) is 3.61. The monoisotopic (exact) mass is 247 g/mol. The van der Waals surface area contributed by atoms with E-state index in [0.717, 1.165) is 0 Å². The number of aromatic nitrogens is 2. The number of carboxylic acids is 1. The summed E-state index contributed by atoms with van der Waals surface area (Å²) in [6, 6.07) is 3.64. The predicted octanol–water partition coefficient (Wildman–Crippen LogP) is 1.79. The number of nitrogens with zero attached hydrogens (tertiary/aromatic N) is 3. The second-order valence-corrected chi connectivity index (χ2v) is 3.61. The van der Waals surface area contributed by atoms with E-state index in [9.17, 15) is 14.9 Å². The number of benzene rings is 1. The molecule has 1 aromatic heterocycles. The van der Waals surface area contributed by atoms with Crippen LogP contribution in [0.5, 0.6) is 0 Å². The molecule has 0 aliphatic rings. The Morgan fingerprint density at radius 2 is 2.22 bits per heavy atom. The van der Waals surface area contributed by atoms with E-state index < -0.39 is 10.9 Å². The van der Waals surface area contributed by atoms with Gasteiger partial charge in [0.05, 0.1) is 10.5 Å². The lowest BCUT2D eigenvalue weighted by atomic mass is 10.1. The number of hydrogen-bond acceptors (Lipinski definition) is 4. The van der Waals surface area contributed by atoms with Crippen LogP contribution in [0.4, 0.5) is 5.69 Å². The molecule has 18 heavy (non-hydrogen) atoms. The molecule has 0 aliphatic heterocycles. The van der Waals surface area contributed by atoms with E-state index in [0.29, 0.717) is 5.82 Å². The number of nitro benzene ring substituents is 1. The first-order chi connectivity index (χ1) is 8.50. The zero-order valence-electron chi connectivity index (χ0n) is 9.40. The first-order valence-electron chi connectivity index (χ1n) is 5.03. The minimum Gasteiger partial charge on any atom is -0.478 e. The lowest BCUT2D eigenvalue weighted by Gasteiger charge is -2.06. The first-order valence-corrected chi connectivity index (χ1v) is 5.03. The van der Waals surface area contributed by atoms with Gasteiger partial charge in [-0.15, -0.1) is 0 Å². The molecule has 1 N–H and O–H groups in total. The molecule has 0 bridgehead atoms. The fourth-order valence-corrected chi connectivity index (χ4v) is 1.64. The van der Waals surface area contributed by atoms with Crippen LogP contribution in [-0.2, 0) is 0 Å². The molecule has 0 spiro atoms. The zero-order chi connectivity index (χ0) is 13.3. The summed E-state index contributed by atoms with van der Waals surface area (Å²) < 4.78 is 1.48. The molecule has 7 heteroatoms. The summed E-state index contributed by atoms with van der Waals surface area (Å²) in [7, 11) is 0. The molecule has 1 aromatic carbocycles. The number of imidazole rings is 1. The van der Waals surface area contributed by atoms with E-state index in [4.69, 9.17) is 5.11 Å². The third-order valence-electron chi connectivity index (χ3n) is 2.50. The van der Waals surface area contributed by atoms with Crippen LogP contribution in [0.15, 0.2) is 30.6 Å². The standard InChI is InChI=1S/C11H9N3O4/c1-7-12-4-5-13(7)10-6-8(11(15)16)2-3-9(10)14(17)18/h2-6H,1H3,(H,15,16). The van der Waals surface area contributed by atoms with Gasteiger partial charge in [0.2, 0.25) is 0 Å². The molecule has 0 unspecified atom stereocenters. The van der Waals surface area contributed by atoms with E-state index in [1.807, 2.05) is 0 Å². The van der Waals surface area contributed by atoms with Gasteiger partial charge in [-0.05, 0) is 19.1 Å². The topological polar surface area (TPSA) is 98.3 Å². The number of hydrogen-bond donors (Lipinski definition) is 1. The Hall–Kier alpha value is -2.70. The molecule has 0 saturated carbocycles. The highest BCUT2D eigenvalue weighted by molar-refractivity contribution is 5.89. The average Bonchev–Trinajstić information content (AvgIpc) is 2.74. The Labute approximate surface area is 101 Å². The molecule has 2 aromatic rings. The maximum absolute atomic E-state index is 10.9. The van der Waals surface area contributed by atoms with Crippen molar-refractivity contribution in [1.82, 2.24) is 9.55 Å². The van der Waals surface area contributed by atoms with Crippen LogP contribution in [0.3, 0.4) is 0 Å². The average molecular weight is 247 g/mol. The van der Waals surface area contributed by atoms with Crippen LogP contribution >= 0.6 is 0 Å². The van der Waals surface area contributed by atoms with Crippen LogP contribution in [-0.4, -0.2) is 25.6 Å². The second kappa shape index (κ2) is 4.28. The lowest BCUT2D eigenvalue weighted by Crippen LogP contribution is -2.04. The number of carboxylic acid groups (broad SMARTS) is 1. The van der Waals surface area contributed by atoms with Crippen LogP contribution in [0.2, 0.25) is 0 Å². The van der Waals surface area contributed by atoms with Gasteiger partial charge in [0.25, 0.3) is 5.69 Å². The molecule has 7 nitrogen and oxygen atoms in total. The number of nitro groups is 1. The molecule has 1 heterocycles. The van der Waals surface area contributed by atoms with Crippen molar-refractivity contribution in [1.29, 1.82) is 0 Å². The molecule has 0 fully saturated rings. The molecule has 92 valence electrons. The fraction of sp³-hybridized carbons (Fsp3) is 0.0909. The van der Waals surface area contributed by atoms with Gasteiger partial charge < -0.3 is 5.11 Å². The van der Waals surface area contributed by atoms with Gasteiger partial charge >= 0.3 is 5.97 Å². The highest BCUT2D eigenvalue weighted by Gasteiger charge is 2.18. The summed E-state index contributed by atoms with van der Waals surface area (Å²) in [6.45, 7) is 1.68. The van der Waals surface area contributed by atoms with E-state index in [1.54, 1.807) is 13.1 Å². The van der Waals surface area contributed by atoms with Gasteiger partial charge in [-0.2, -0.15) is 0 Å². The van der Waals surface area contributed by atoms with Crippen molar-refractivity contribution in [2.24, 2.45) is 0 Å². The molecule has 0 radical (unpaired) electrons. The van der Waals surface area contributed by atoms with Crippen LogP contribution in [0.1, 0.15) is 16.2 Å². The van der Waals surface area contributed by atoms with Gasteiger partial charge in [-0.3, -0.25) is 14.7 Å². The summed E-state index contributed by atoms with van der Waals surface area (Å²) in [5.74, 6) is -0.593. The molecule has 0 amide bonds. The highest BCUT2D eigenvalue weighted by Crippen LogP contribution is 2.25. The molecule has 0 aliphatic carbocycles. The first kappa shape index (κ1) is 11.8. The minimum absolute atomic E-state index is 0.0105. The van der Waals surface area contributed by atoms with E-state index in [1.165, 1.54) is 29.0 Å². The molecule has 0 saturated heterocycles. The maximum Gasteiger partial charge on any atom is 0.335 e. The van der Waals surface area contributed by atoms with Crippen molar-refractivity contribution in [3.8, 4) is 5.69 Å². The van der Waals surface area contributed by atoms with E-state index in [-0.39, 0.29) is 16.9 Å². The largest absolute Gasteiger partial charge is 0.478 e. The number of aryl methyl sites for hydroxylation is 1. The number of rotatable bonds is 3. The van der Waals surface area contributed by atoms with Crippen molar-refractivity contribution in [3.63, 3.8) is 0 Å². The Bertz CT molecular complexity index is 633. The van der Waals surface area contributed by atoms with E-state index in [2.05, 4.69) is 4.98 Å². The van der Waals surface area contributed by atoms with Crippen LogP contribution in [0, 0.1) is 17.0 Å². The molecule has 0 atom stereocenters. The quantitative estimate of drug-likeness (QED) is 0.658. The third-order valence-corrected chi connectivity index (χ3v) is 2.50. The molecule has 2 rings (SSSR count). The van der Waals surface area contributed by atoms with Crippen LogP contribution in [0.25, 0.3) is 5.69 Å². The van der Waals surface area contributed by atoms with E-state index >= 15 is 0 Å². The Morgan fingerprint density at radius 1 is 1.50 bits per heavy atom. The number of aromatic carboxylic acids is 1. The third kappa shape index (κ3) is 1.93. The maximum atomic E-state index is 10.9. The smallest absolute Gasteiger partial charge is 0.335 e. The van der Waals surface area contributed by atoms with Crippen molar-refractivity contribution >= 4 is 11.7 Å². The predicted molar refractivity (Wildman–Crippen MR) is 61.9 cm³/mol. The summed E-state index contributed by atoms with van der Waals surface area (Å²) in [5, 5.41) is 19.8. The van der Waals surface area contributed by atoms with Crippen molar-refractivity contribution in [3.05, 3.63) is 52.1 Å². The van der Waals surface area contributed by atoms with Gasteiger partial charge in [-0.25, -0.2) is 9.78 Å². The fourth-order valence-electron chi connectivity index (χ4n) is 1.64. The molecular weight excluding hydrogens is 238 g/mol. The SMILES string of the molecule is Cc1nccn1-c1cc(C(=O)O)ccc1[N+](=O)[O-]. The van der Waals surface area contributed by atoms with Crippen molar-refractivity contribution < 1.29 is 14.8 Å². The van der Waals surface area contributed by atoms with Gasteiger partial charge in [0, 0.05) is 18.5 Å². The van der Waals surface area contributed by atoms with Gasteiger partial charge in [0.15, 0.2) is 0 Å². The molecular formula is C11H9N3O4. The Kier molecular flexibility index (Phi) is 2.80. The summed E-state index contributed by atoms with van der Waals surface area (Å²) in [6.07, 6.45) is 3.04. The minimum atomic E-state index is -1.14. The highest BCUT2D eigenvalue weighted by atomic mass is 16.6. The Balaban J connectivity index is 2.69. The zero-order valence-corrected chi connectivity index (χ0v) is 9.40. The van der Waals surface area contributed by atoms with Crippen LogP contribution < -0.4 is 0 Å². The number of carbonyl (C=O) groups is 1. The van der Waals surface area contributed by atoms with Crippen molar-refractivity contribution in [2.45, 2.75) is 6.92 Å².